The van der Waals surface area contributed by atoms with E-state index in [4.69, 9.17) is 0 Å². The van der Waals surface area contributed by atoms with E-state index < -0.39 is 0 Å². The fourth-order valence-electron chi connectivity index (χ4n) is 3.90. The second-order valence-corrected chi connectivity index (χ2v) is 8.43. The molecule has 2 aromatic rings. The smallest absolute Gasteiger partial charge is 0.191 e. The summed E-state index contributed by atoms with van der Waals surface area (Å²) in [6.45, 7) is 2.34. The quantitative estimate of drug-likeness (QED) is 0.546. The number of aliphatic imine (C=N–C) groups is 1. The summed E-state index contributed by atoms with van der Waals surface area (Å²) in [5.41, 5.74) is 1.53. The predicted molar refractivity (Wildman–Crippen MR) is 114 cm³/mol. The summed E-state index contributed by atoms with van der Waals surface area (Å²) in [4.78, 5) is 10.6. The number of benzene rings is 1. The van der Waals surface area contributed by atoms with E-state index in [9.17, 15) is 4.39 Å². The summed E-state index contributed by atoms with van der Waals surface area (Å²) in [7, 11) is 1.79. The molecule has 1 aliphatic carbocycles. The van der Waals surface area contributed by atoms with Gasteiger partial charge in [0.1, 0.15) is 0 Å². The molecule has 1 aromatic heterocycles. The lowest BCUT2D eigenvalue weighted by molar-refractivity contribution is 0.605. The Labute approximate surface area is 173 Å². The van der Waals surface area contributed by atoms with Gasteiger partial charge in [-0.2, -0.15) is 0 Å². The average molecular weight is 446 g/mol. The first-order chi connectivity index (χ1) is 13.6. The molecule has 2 heterocycles. The van der Waals surface area contributed by atoms with Crippen molar-refractivity contribution in [3.8, 4) is 0 Å². The first-order valence-corrected chi connectivity index (χ1v) is 10.5. The van der Waals surface area contributed by atoms with Crippen molar-refractivity contribution in [3.05, 3.63) is 58.4 Å². The van der Waals surface area contributed by atoms with Crippen LogP contribution in [0.5, 0.6) is 0 Å². The van der Waals surface area contributed by atoms with Crippen molar-refractivity contribution in [2.45, 2.75) is 30.7 Å². The Morgan fingerprint density at radius 3 is 2.86 bits per heavy atom. The third kappa shape index (κ3) is 3.99. The Bertz CT molecular complexity index is 867. The highest BCUT2D eigenvalue weighted by atomic mass is 79.9. The van der Waals surface area contributed by atoms with Crippen molar-refractivity contribution >= 4 is 27.7 Å². The topological polar surface area (TPSA) is 52.6 Å². The van der Waals surface area contributed by atoms with Crippen molar-refractivity contribution in [2.24, 2.45) is 4.99 Å². The van der Waals surface area contributed by atoms with Crippen LogP contribution in [-0.2, 0) is 5.41 Å². The largest absolute Gasteiger partial charge is 0.356 e. The molecule has 7 heteroatoms. The fourth-order valence-corrected chi connectivity index (χ4v) is 4.61. The van der Waals surface area contributed by atoms with Gasteiger partial charge < -0.3 is 15.5 Å². The zero-order chi connectivity index (χ0) is 19.6. The minimum Gasteiger partial charge on any atom is -0.356 e. The van der Waals surface area contributed by atoms with Crippen LogP contribution < -0.4 is 15.5 Å². The molecule has 1 unspecified atom stereocenters. The van der Waals surface area contributed by atoms with E-state index in [2.05, 4.69) is 54.7 Å². The lowest BCUT2D eigenvalue weighted by atomic mass is 9.96. The Hall–Kier alpha value is -2.15. The van der Waals surface area contributed by atoms with Gasteiger partial charge >= 0.3 is 0 Å². The van der Waals surface area contributed by atoms with Crippen molar-refractivity contribution in [1.82, 2.24) is 15.6 Å². The van der Waals surface area contributed by atoms with E-state index in [-0.39, 0.29) is 17.3 Å². The van der Waals surface area contributed by atoms with E-state index in [0.717, 1.165) is 25.5 Å². The van der Waals surface area contributed by atoms with Crippen molar-refractivity contribution < 1.29 is 4.39 Å². The maximum atomic E-state index is 14.0. The van der Waals surface area contributed by atoms with Gasteiger partial charge in [0.25, 0.3) is 0 Å². The highest BCUT2D eigenvalue weighted by molar-refractivity contribution is 9.10. The molecule has 0 radical (unpaired) electrons. The standard InChI is InChI=1S/C21H25BrFN5/c1-24-20(26-14-21(9-10-21)16-5-2-3-6-17(16)22)27-15-8-12-28(13-15)19-18(23)7-4-11-25-19/h2-7,11,15H,8-10,12-14H2,1H3,(H2,24,26,27). The van der Waals surface area contributed by atoms with Crippen molar-refractivity contribution in [3.63, 3.8) is 0 Å². The van der Waals surface area contributed by atoms with Crippen LogP contribution in [0.4, 0.5) is 10.2 Å². The first kappa shape index (κ1) is 19.2. The van der Waals surface area contributed by atoms with E-state index in [1.54, 1.807) is 19.3 Å². The van der Waals surface area contributed by atoms with Gasteiger partial charge in [-0.3, -0.25) is 4.99 Å². The molecule has 0 amide bonds. The number of halogens is 2. The summed E-state index contributed by atoms with van der Waals surface area (Å²) in [6, 6.07) is 11.7. The second kappa shape index (κ2) is 8.07. The maximum absolute atomic E-state index is 14.0. The van der Waals surface area contributed by atoms with E-state index in [0.29, 0.717) is 12.4 Å². The summed E-state index contributed by atoms with van der Waals surface area (Å²) in [5, 5.41) is 6.99. The van der Waals surface area contributed by atoms with Crippen LogP contribution in [0.2, 0.25) is 0 Å². The monoisotopic (exact) mass is 445 g/mol. The number of rotatable bonds is 5. The zero-order valence-electron chi connectivity index (χ0n) is 16.0. The molecule has 5 nitrogen and oxygen atoms in total. The van der Waals surface area contributed by atoms with Crippen molar-refractivity contribution in [1.29, 1.82) is 0 Å². The molecule has 28 heavy (non-hydrogen) atoms. The van der Waals surface area contributed by atoms with E-state index in [1.807, 2.05) is 11.0 Å². The summed E-state index contributed by atoms with van der Waals surface area (Å²) < 4.78 is 15.2. The molecule has 0 bridgehead atoms. The SMILES string of the molecule is CN=C(NCC1(c2ccccc2Br)CC1)NC1CCN(c2ncccc2F)C1. The third-order valence-corrected chi connectivity index (χ3v) is 6.38. The minimum atomic E-state index is -0.269. The zero-order valence-corrected chi connectivity index (χ0v) is 17.5. The van der Waals surface area contributed by atoms with Crippen molar-refractivity contribution in [2.75, 3.05) is 31.6 Å². The van der Waals surface area contributed by atoms with Crippen LogP contribution in [0, 0.1) is 5.82 Å². The fraction of sp³-hybridized carbons (Fsp3) is 0.429. The van der Waals surface area contributed by atoms with Crippen LogP contribution in [0.15, 0.2) is 52.1 Å². The molecule has 1 atom stereocenters. The molecule has 4 rings (SSSR count). The summed E-state index contributed by atoms with van der Waals surface area (Å²) in [5.74, 6) is 0.960. The number of anilines is 1. The molecule has 1 aromatic carbocycles. The number of aromatic nitrogens is 1. The number of hydrogen-bond donors (Lipinski definition) is 2. The Kier molecular flexibility index (Phi) is 5.53. The minimum absolute atomic E-state index is 0.177. The van der Waals surface area contributed by atoms with Crippen LogP contribution in [0.1, 0.15) is 24.8 Å². The maximum Gasteiger partial charge on any atom is 0.191 e. The number of hydrogen-bond acceptors (Lipinski definition) is 3. The molecule has 2 N–H and O–H groups in total. The molecule has 1 saturated heterocycles. The molecule has 148 valence electrons. The predicted octanol–water partition coefficient (Wildman–Crippen LogP) is 3.46. The van der Waals surface area contributed by atoms with Gasteiger partial charge in [-0.1, -0.05) is 34.1 Å². The van der Waals surface area contributed by atoms with Crippen LogP contribution >= 0.6 is 15.9 Å². The summed E-state index contributed by atoms with van der Waals surface area (Å²) in [6.07, 6.45) is 4.91. The first-order valence-electron chi connectivity index (χ1n) is 9.69. The van der Waals surface area contributed by atoms with E-state index in [1.165, 1.54) is 28.9 Å². The van der Waals surface area contributed by atoms with Gasteiger partial charge in [-0.25, -0.2) is 9.37 Å². The van der Waals surface area contributed by atoms with Crippen LogP contribution in [0.3, 0.4) is 0 Å². The molecule has 2 fully saturated rings. The van der Waals surface area contributed by atoms with Crippen LogP contribution in [-0.4, -0.2) is 43.7 Å². The third-order valence-electron chi connectivity index (χ3n) is 5.68. The van der Waals surface area contributed by atoms with Gasteiger partial charge in [0.2, 0.25) is 0 Å². The Balaban J connectivity index is 1.34. The second-order valence-electron chi connectivity index (χ2n) is 7.57. The lowest BCUT2D eigenvalue weighted by Gasteiger charge is -2.22. The highest BCUT2D eigenvalue weighted by Gasteiger charge is 2.45. The molecular weight excluding hydrogens is 421 g/mol. The molecule has 1 aliphatic heterocycles. The molecular formula is C21H25BrFN5. The number of nitrogens with zero attached hydrogens (tertiary/aromatic N) is 3. The normalized spacial score (nSPS) is 20.9. The molecule has 0 spiro atoms. The summed E-state index contributed by atoms with van der Waals surface area (Å²) >= 11 is 3.69. The molecule has 2 aliphatic rings. The molecule has 1 saturated carbocycles. The highest BCUT2D eigenvalue weighted by Crippen LogP contribution is 2.49. The number of guanidine groups is 1. The Morgan fingerprint density at radius 2 is 2.14 bits per heavy atom. The van der Waals surface area contributed by atoms with Gasteiger partial charge in [0.05, 0.1) is 0 Å². The number of nitrogens with one attached hydrogen (secondary N) is 2. The lowest BCUT2D eigenvalue weighted by Crippen LogP contribution is -2.46. The Morgan fingerprint density at radius 1 is 1.32 bits per heavy atom. The number of pyridine rings is 1. The van der Waals surface area contributed by atoms with Gasteiger partial charge in [-0.05, 0) is 43.0 Å². The average Bonchev–Trinajstić information content (AvgIpc) is 3.35. The van der Waals surface area contributed by atoms with Gasteiger partial charge in [0, 0.05) is 48.8 Å². The van der Waals surface area contributed by atoms with Gasteiger partial charge in [-0.15, -0.1) is 0 Å². The van der Waals surface area contributed by atoms with E-state index >= 15 is 0 Å². The van der Waals surface area contributed by atoms with Crippen LogP contribution in [0.25, 0.3) is 0 Å². The van der Waals surface area contributed by atoms with Gasteiger partial charge in [0.15, 0.2) is 17.6 Å².